The first-order chi connectivity index (χ1) is 5.37. The van der Waals surface area contributed by atoms with Crippen LogP contribution in [0.15, 0.2) is 0 Å². The lowest BCUT2D eigenvalue weighted by Gasteiger charge is -2.07. The van der Waals surface area contributed by atoms with Gasteiger partial charge in [-0.05, 0) is 6.92 Å². The number of hydrogen-bond acceptors (Lipinski definition) is 5. The molecule has 1 amide bonds. The smallest absolute Gasteiger partial charge is 0.257 e. The molecular weight excluding hydrogens is 210 g/mol. The van der Waals surface area contributed by atoms with Gasteiger partial charge in [0, 0.05) is 18.3 Å². The van der Waals surface area contributed by atoms with Gasteiger partial charge in [-0.3, -0.25) is 4.89 Å². The Labute approximate surface area is 75.2 Å². The number of halogens is 1. The zero-order valence-electron chi connectivity index (χ0n) is 6.48. The van der Waals surface area contributed by atoms with Gasteiger partial charge in [0.25, 0.3) is 10.1 Å². The molecule has 0 fully saturated rings. The second-order valence-electron chi connectivity index (χ2n) is 1.80. The predicted molar refractivity (Wildman–Crippen MR) is 40.6 cm³/mol. The average Bonchev–Trinajstić information content (AvgIpc) is 1.97. The number of carbonyl (C=O) groups excluding carboxylic acids is 1. The van der Waals surface area contributed by atoms with E-state index >= 15 is 0 Å². The lowest BCUT2D eigenvalue weighted by Crippen LogP contribution is -2.23. The molecule has 0 saturated heterocycles. The van der Waals surface area contributed by atoms with E-state index in [0.717, 1.165) is 6.26 Å². The highest BCUT2D eigenvalue weighted by Crippen LogP contribution is 1.99. The van der Waals surface area contributed by atoms with Gasteiger partial charge < -0.3 is 0 Å². The molecule has 12 heavy (non-hydrogen) atoms. The summed E-state index contributed by atoms with van der Waals surface area (Å²) in [6, 6.07) is 0. The van der Waals surface area contributed by atoms with Crippen LogP contribution in [0.2, 0.25) is 0 Å². The number of carbonyl (C=O) groups is 1. The molecule has 0 aromatic rings. The van der Waals surface area contributed by atoms with Crippen molar-refractivity contribution in [3.63, 3.8) is 0 Å². The highest BCUT2D eigenvalue weighted by molar-refractivity contribution is 7.85. The fourth-order valence-electron chi connectivity index (χ4n) is 0.260. The Morgan fingerprint density at radius 2 is 2.08 bits per heavy atom. The summed E-state index contributed by atoms with van der Waals surface area (Å²) in [6.07, 6.45) is -0.338. The molecule has 0 rings (SSSR count). The first-order valence-corrected chi connectivity index (χ1v) is 5.05. The van der Waals surface area contributed by atoms with Crippen LogP contribution in [0.1, 0.15) is 6.92 Å². The van der Waals surface area contributed by atoms with Crippen molar-refractivity contribution < 1.29 is 22.4 Å². The third-order valence-electron chi connectivity index (χ3n) is 0.705. The highest BCUT2D eigenvalue weighted by Gasteiger charge is 2.14. The third kappa shape index (κ3) is 5.16. The second-order valence-corrected chi connectivity index (χ2v) is 3.75. The lowest BCUT2D eigenvalue weighted by molar-refractivity contribution is -0.141. The summed E-state index contributed by atoms with van der Waals surface area (Å²) in [5, 5.41) is 0. The molecule has 0 bridgehead atoms. The van der Waals surface area contributed by atoms with Gasteiger partial charge in [0.05, 0.1) is 6.26 Å². The van der Waals surface area contributed by atoms with Crippen molar-refractivity contribution in [2.24, 2.45) is 0 Å². The number of rotatable bonds is 3. The van der Waals surface area contributed by atoms with Gasteiger partial charge in [-0.2, -0.15) is 8.42 Å². The molecule has 72 valence electrons. The summed E-state index contributed by atoms with van der Waals surface area (Å²) in [4.78, 5) is 14.4. The fraction of sp³-hybridized carbons (Fsp3) is 0.750. The monoisotopic (exact) mass is 217 g/mol. The van der Waals surface area contributed by atoms with Crippen molar-refractivity contribution in [1.29, 1.82) is 0 Å². The molecule has 0 aromatic carbocycles. The van der Waals surface area contributed by atoms with Crippen molar-refractivity contribution in [1.82, 2.24) is 4.42 Å². The molecule has 8 heteroatoms. The van der Waals surface area contributed by atoms with Crippen LogP contribution in [0.5, 0.6) is 0 Å². The summed E-state index contributed by atoms with van der Waals surface area (Å²) in [5.74, 6) is 0. The summed E-state index contributed by atoms with van der Waals surface area (Å²) in [5.41, 5.74) is 0. The van der Waals surface area contributed by atoms with E-state index in [0.29, 0.717) is 4.42 Å². The Kier molecular flexibility index (Phi) is 4.29. The van der Waals surface area contributed by atoms with Gasteiger partial charge in [-0.15, -0.1) is 0 Å². The van der Waals surface area contributed by atoms with E-state index < -0.39 is 16.2 Å². The van der Waals surface area contributed by atoms with Crippen molar-refractivity contribution in [2.45, 2.75) is 6.92 Å². The number of nitrogens with zero attached hydrogens (tertiary/aromatic N) is 1. The maximum Gasteiger partial charge on any atom is 0.457 e. The Morgan fingerprint density at radius 1 is 1.58 bits per heavy atom. The zero-order chi connectivity index (χ0) is 9.78. The molecule has 0 N–H and O–H groups in total. The van der Waals surface area contributed by atoms with Crippen LogP contribution in [-0.4, -0.2) is 31.7 Å². The van der Waals surface area contributed by atoms with Gasteiger partial charge in [-0.25, -0.2) is 9.21 Å². The first-order valence-electron chi connectivity index (χ1n) is 2.90. The maximum atomic E-state index is 10.6. The molecule has 6 nitrogen and oxygen atoms in total. The van der Waals surface area contributed by atoms with Gasteiger partial charge in [0.1, 0.15) is 0 Å². The molecule has 0 unspecified atom stereocenters. The zero-order valence-corrected chi connectivity index (χ0v) is 8.05. The molecule has 0 aliphatic carbocycles. The van der Waals surface area contributed by atoms with Crippen LogP contribution < -0.4 is 0 Å². The molecule has 0 radical (unpaired) electrons. The van der Waals surface area contributed by atoms with Crippen molar-refractivity contribution in [3.8, 4) is 0 Å². The number of hydrogen-bond donors (Lipinski definition) is 0. The molecule has 0 atom stereocenters. The normalized spacial score (nSPS) is 10.9. The van der Waals surface area contributed by atoms with Crippen LogP contribution in [0.4, 0.5) is 4.79 Å². The Morgan fingerprint density at radius 3 is 2.42 bits per heavy atom. The van der Waals surface area contributed by atoms with Crippen LogP contribution in [-0.2, 0) is 19.3 Å². The second kappa shape index (κ2) is 4.48. The largest absolute Gasteiger partial charge is 0.457 e. The molecule has 0 heterocycles. The molecule has 0 aliphatic rings. The van der Waals surface area contributed by atoms with E-state index in [1.807, 2.05) is 0 Å². The van der Waals surface area contributed by atoms with Gasteiger partial charge >= 0.3 is 6.09 Å². The van der Waals surface area contributed by atoms with E-state index in [1.54, 1.807) is 6.92 Å². The van der Waals surface area contributed by atoms with Crippen molar-refractivity contribution in [2.75, 3.05) is 12.8 Å². The maximum absolute atomic E-state index is 10.6. The van der Waals surface area contributed by atoms with Gasteiger partial charge in [0.15, 0.2) is 0 Å². The molecular formula is C4H8ClNO5S. The van der Waals surface area contributed by atoms with Gasteiger partial charge in [-0.1, -0.05) is 4.33 Å². The van der Waals surface area contributed by atoms with Crippen LogP contribution >= 0.6 is 11.8 Å². The average molecular weight is 218 g/mol. The molecule has 0 aromatic heterocycles. The minimum Gasteiger partial charge on any atom is -0.257 e. The number of amides is 1. The van der Waals surface area contributed by atoms with Crippen LogP contribution in [0.25, 0.3) is 0 Å². The molecule has 0 saturated carbocycles. The first kappa shape index (κ1) is 11.5. The van der Waals surface area contributed by atoms with E-state index in [4.69, 9.17) is 11.8 Å². The standard InChI is InChI=1S/C4H8ClNO5S/c1-3-6(5)4(7)10-11-12(2,8)9/h3H2,1-2H3. The van der Waals surface area contributed by atoms with E-state index in [-0.39, 0.29) is 6.54 Å². The minimum atomic E-state index is -3.79. The summed E-state index contributed by atoms with van der Waals surface area (Å²) < 4.78 is 24.9. The SMILES string of the molecule is CCN(Cl)C(=O)OOS(C)(=O)=O. The Bertz CT molecular complexity index is 250. The summed E-state index contributed by atoms with van der Waals surface area (Å²) in [6.45, 7) is 1.75. The van der Waals surface area contributed by atoms with E-state index in [2.05, 4.69) is 9.22 Å². The van der Waals surface area contributed by atoms with Crippen LogP contribution in [0, 0.1) is 0 Å². The highest BCUT2D eigenvalue weighted by atomic mass is 35.5. The van der Waals surface area contributed by atoms with E-state index in [9.17, 15) is 13.2 Å². The topological polar surface area (TPSA) is 72.9 Å². The third-order valence-corrected chi connectivity index (χ3v) is 1.40. The van der Waals surface area contributed by atoms with Crippen molar-refractivity contribution in [3.05, 3.63) is 0 Å². The lowest BCUT2D eigenvalue weighted by atomic mass is 10.8. The van der Waals surface area contributed by atoms with E-state index in [1.165, 1.54) is 0 Å². The molecule has 0 aliphatic heterocycles. The minimum absolute atomic E-state index is 0.174. The Hall–Kier alpha value is -0.530. The summed E-state index contributed by atoms with van der Waals surface area (Å²) in [7, 11) is -3.79. The molecule has 0 spiro atoms. The van der Waals surface area contributed by atoms with Crippen molar-refractivity contribution >= 4 is 28.0 Å². The van der Waals surface area contributed by atoms with Gasteiger partial charge in [0.2, 0.25) is 0 Å². The summed E-state index contributed by atoms with van der Waals surface area (Å²) >= 11 is 5.23. The predicted octanol–water partition coefficient (Wildman–Crippen LogP) is 0.490. The Balaban J connectivity index is 3.88. The quantitative estimate of drug-likeness (QED) is 0.391. The van der Waals surface area contributed by atoms with Crippen LogP contribution in [0.3, 0.4) is 0 Å². The fourth-order valence-corrected chi connectivity index (χ4v) is 0.470.